The van der Waals surface area contributed by atoms with Crippen molar-refractivity contribution in [3.63, 3.8) is 0 Å². The van der Waals surface area contributed by atoms with E-state index in [-0.39, 0.29) is 5.97 Å². The third kappa shape index (κ3) is 3.80. The number of aromatic nitrogens is 4. The minimum atomic E-state index is -0.370. The molecular weight excluding hydrogens is 432 g/mol. The first-order valence-corrected chi connectivity index (χ1v) is 12.4. The highest BCUT2D eigenvalue weighted by Crippen LogP contribution is 2.46. The van der Waals surface area contributed by atoms with E-state index in [1.165, 1.54) is 32.8 Å². The number of methoxy groups -OCH3 is 1. The summed E-state index contributed by atoms with van der Waals surface area (Å²) in [5, 5.41) is 10.9. The summed E-state index contributed by atoms with van der Waals surface area (Å²) in [5.41, 5.74) is 3.94. The van der Waals surface area contributed by atoms with Gasteiger partial charge in [0.1, 0.15) is 5.82 Å². The number of hydrogen-bond acceptors (Lipinski definition) is 6. The topological polar surface area (TPSA) is 69.9 Å². The average Bonchev–Trinajstić information content (AvgIpc) is 3.80. The second kappa shape index (κ2) is 8.30. The van der Waals surface area contributed by atoms with Gasteiger partial charge >= 0.3 is 5.97 Å². The van der Waals surface area contributed by atoms with Crippen LogP contribution in [-0.2, 0) is 10.5 Å². The zero-order valence-electron chi connectivity index (χ0n) is 18.4. The molecule has 0 N–H and O–H groups in total. The second-order valence-electron chi connectivity index (χ2n) is 8.69. The molecule has 2 fully saturated rings. The molecule has 0 saturated heterocycles. The van der Waals surface area contributed by atoms with Gasteiger partial charge in [0.05, 0.1) is 23.9 Å². The van der Waals surface area contributed by atoms with Crippen LogP contribution in [0.4, 0.5) is 0 Å². The molecule has 6 rings (SSSR count). The van der Waals surface area contributed by atoms with Crippen molar-refractivity contribution in [3.05, 3.63) is 71.7 Å². The van der Waals surface area contributed by atoms with Gasteiger partial charge in [0, 0.05) is 28.7 Å². The Kier molecular flexibility index (Phi) is 5.14. The van der Waals surface area contributed by atoms with Gasteiger partial charge in [-0.05, 0) is 37.3 Å². The van der Waals surface area contributed by atoms with Crippen LogP contribution in [-0.4, -0.2) is 32.8 Å². The Morgan fingerprint density at radius 3 is 2.52 bits per heavy atom. The third-order valence-electron chi connectivity index (χ3n) is 6.30. The summed E-state index contributed by atoms with van der Waals surface area (Å²) < 4.78 is 7.57. The summed E-state index contributed by atoms with van der Waals surface area (Å²) >= 11 is 1.61. The lowest BCUT2D eigenvalue weighted by atomic mass is 9.94. The Hall–Kier alpha value is -3.19. The van der Waals surface area contributed by atoms with Gasteiger partial charge in [-0.1, -0.05) is 60.3 Å². The van der Waals surface area contributed by atoms with Crippen molar-refractivity contribution in [2.45, 2.75) is 48.6 Å². The molecule has 0 unspecified atom stereocenters. The molecular formula is C26H24N4O2S. The molecule has 33 heavy (non-hydrogen) atoms. The number of carbonyl (C=O) groups excluding carboxylic acids is 1. The molecule has 2 aliphatic carbocycles. The number of rotatable bonds is 7. The number of para-hydroxylation sites is 1. The average molecular weight is 457 g/mol. The number of hydrogen-bond donors (Lipinski definition) is 0. The van der Waals surface area contributed by atoms with Gasteiger partial charge in [-0.25, -0.2) is 4.79 Å². The van der Waals surface area contributed by atoms with Crippen LogP contribution in [0.25, 0.3) is 22.0 Å². The molecule has 0 aliphatic heterocycles. The molecule has 2 saturated carbocycles. The number of ether oxygens (including phenoxy) is 1. The predicted molar refractivity (Wildman–Crippen MR) is 128 cm³/mol. The maximum Gasteiger partial charge on any atom is 0.340 e. The van der Waals surface area contributed by atoms with Crippen molar-refractivity contribution in [2.24, 2.45) is 0 Å². The zero-order chi connectivity index (χ0) is 22.4. The van der Waals surface area contributed by atoms with Gasteiger partial charge in [-0.3, -0.25) is 4.98 Å². The van der Waals surface area contributed by atoms with E-state index in [0.717, 1.165) is 33.0 Å². The number of pyridine rings is 1. The molecule has 2 heterocycles. The minimum absolute atomic E-state index is 0.370. The third-order valence-corrected chi connectivity index (χ3v) is 7.26. The van der Waals surface area contributed by atoms with Crippen LogP contribution >= 0.6 is 11.8 Å². The Bertz CT molecular complexity index is 1340. The van der Waals surface area contributed by atoms with Gasteiger partial charge in [0.2, 0.25) is 0 Å². The number of fused-ring (bicyclic) bond motifs is 1. The zero-order valence-corrected chi connectivity index (χ0v) is 19.2. The summed E-state index contributed by atoms with van der Waals surface area (Å²) in [6.45, 7) is 0. The fraction of sp³-hybridized carbons (Fsp3) is 0.308. The van der Waals surface area contributed by atoms with Gasteiger partial charge < -0.3 is 9.30 Å². The normalized spacial score (nSPS) is 15.7. The highest BCUT2D eigenvalue weighted by molar-refractivity contribution is 7.98. The van der Waals surface area contributed by atoms with Crippen LogP contribution in [0.15, 0.2) is 59.8 Å². The lowest BCUT2D eigenvalue weighted by Crippen LogP contribution is -2.11. The summed E-state index contributed by atoms with van der Waals surface area (Å²) in [6, 6.07) is 18.5. The molecule has 0 radical (unpaired) electrons. The molecule has 2 aromatic carbocycles. The standard InChI is InChI=1S/C26H24N4O2S/c1-32-25(31)23-21(15-33-26-29-28-24(17-11-12-17)30(26)18-13-14-18)27-20-10-6-5-9-19(20)22(23)16-7-3-2-4-8-16/h2-10,17-18H,11-15H2,1H3. The quantitative estimate of drug-likeness (QED) is 0.259. The smallest absolute Gasteiger partial charge is 0.340 e. The van der Waals surface area contributed by atoms with E-state index in [0.29, 0.717) is 29.0 Å². The Morgan fingerprint density at radius 1 is 1.03 bits per heavy atom. The van der Waals surface area contributed by atoms with Crippen LogP contribution in [0.5, 0.6) is 0 Å². The minimum Gasteiger partial charge on any atom is -0.465 e. The lowest BCUT2D eigenvalue weighted by molar-refractivity contribution is 0.0600. The number of esters is 1. The van der Waals surface area contributed by atoms with Crippen LogP contribution in [0.2, 0.25) is 0 Å². The van der Waals surface area contributed by atoms with E-state index in [2.05, 4.69) is 14.8 Å². The predicted octanol–water partition coefficient (Wildman–Crippen LogP) is 5.78. The maximum absolute atomic E-state index is 13.1. The molecule has 166 valence electrons. The van der Waals surface area contributed by atoms with Crippen molar-refractivity contribution in [2.75, 3.05) is 7.11 Å². The summed E-state index contributed by atoms with van der Waals surface area (Å²) in [5.74, 6) is 1.83. The molecule has 0 amide bonds. The van der Waals surface area contributed by atoms with E-state index < -0.39 is 0 Å². The van der Waals surface area contributed by atoms with Crippen molar-refractivity contribution in [1.82, 2.24) is 19.7 Å². The maximum atomic E-state index is 13.1. The summed E-state index contributed by atoms with van der Waals surface area (Å²) in [4.78, 5) is 18.0. The Morgan fingerprint density at radius 2 is 1.79 bits per heavy atom. The van der Waals surface area contributed by atoms with Gasteiger partial charge in [0.15, 0.2) is 5.16 Å². The number of benzene rings is 2. The highest BCUT2D eigenvalue weighted by Gasteiger charge is 2.36. The van der Waals surface area contributed by atoms with Crippen LogP contribution in [0.1, 0.15) is 59.5 Å². The summed E-state index contributed by atoms with van der Waals surface area (Å²) in [7, 11) is 1.43. The van der Waals surface area contributed by atoms with E-state index in [9.17, 15) is 4.79 Å². The molecule has 0 spiro atoms. The molecule has 0 atom stereocenters. The summed E-state index contributed by atoms with van der Waals surface area (Å²) in [6.07, 6.45) is 4.78. The second-order valence-corrected chi connectivity index (χ2v) is 9.63. The van der Waals surface area contributed by atoms with Crippen molar-refractivity contribution < 1.29 is 9.53 Å². The molecule has 6 nitrogen and oxygen atoms in total. The monoisotopic (exact) mass is 456 g/mol. The SMILES string of the molecule is COC(=O)c1c(CSc2nnc(C3CC3)n2C2CC2)nc2ccccc2c1-c1ccccc1. The van der Waals surface area contributed by atoms with E-state index in [1.807, 2.05) is 54.6 Å². The van der Waals surface area contributed by atoms with Gasteiger partial charge in [0.25, 0.3) is 0 Å². The Balaban J connectivity index is 1.46. The van der Waals surface area contributed by atoms with Gasteiger partial charge in [-0.15, -0.1) is 10.2 Å². The molecule has 4 aromatic rings. The Labute approximate surface area is 196 Å². The number of thioether (sulfide) groups is 1. The van der Waals surface area contributed by atoms with Crippen LogP contribution < -0.4 is 0 Å². The van der Waals surface area contributed by atoms with Crippen LogP contribution in [0.3, 0.4) is 0 Å². The fourth-order valence-electron chi connectivity index (χ4n) is 4.41. The highest BCUT2D eigenvalue weighted by atomic mass is 32.2. The number of nitrogens with zero attached hydrogens (tertiary/aromatic N) is 4. The van der Waals surface area contributed by atoms with Gasteiger partial charge in [-0.2, -0.15) is 0 Å². The van der Waals surface area contributed by atoms with Crippen molar-refractivity contribution in [3.8, 4) is 11.1 Å². The first-order chi connectivity index (χ1) is 16.2. The molecule has 2 aromatic heterocycles. The van der Waals surface area contributed by atoms with Crippen LogP contribution in [0, 0.1) is 0 Å². The fourth-order valence-corrected chi connectivity index (χ4v) is 5.36. The molecule has 0 bridgehead atoms. The molecule has 7 heteroatoms. The van der Waals surface area contributed by atoms with Crippen molar-refractivity contribution in [1.29, 1.82) is 0 Å². The van der Waals surface area contributed by atoms with Crippen molar-refractivity contribution >= 4 is 28.6 Å². The molecule has 2 aliphatic rings. The number of carbonyl (C=O) groups is 1. The van der Waals surface area contributed by atoms with E-state index in [1.54, 1.807) is 11.8 Å². The van der Waals surface area contributed by atoms with E-state index >= 15 is 0 Å². The first-order valence-electron chi connectivity index (χ1n) is 11.4. The largest absolute Gasteiger partial charge is 0.465 e. The van der Waals surface area contributed by atoms with E-state index in [4.69, 9.17) is 9.72 Å². The lowest BCUT2D eigenvalue weighted by Gasteiger charge is -2.16. The first kappa shape index (κ1) is 20.4.